The maximum atomic E-state index is 12.9. The Morgan fingerprint density at radius 1 is 1.27 bits per heavy atom. The van der Waals surface area contributed by atoms with Crippen molar-refractivity contribution in [2.24, 2.45) is 5.92 Å². The number of amides is 2. The Morgan fingerprint density at radius 3 is 2.73 bits per heavy atom. The number of halogens is 1. The minimum atomic E-state index is -0.466. The van der Waals surface area contributed by atoms with E-state index in [4.69, 9.17) is 16.3 Å². The maximum absolute atomic E-state index is 12.9. The SMILES string of the molecule is CCOC(=O)c1ccc(C(=O)N2CCCC(C(=O)Nc3ccc(Cl)cn3)C2)nc1C. The molecule has 30 heavy (non-hydrogen) atoms. The van der Waals surface area contributed by atoms with Gasteiger partial charge in [0, 0.05) is 19.3 Å². The summed E-state index contributed by atoms with van der Waals surface area (Å²) in [5, 5.41) is 3.25. The van der Waals surface area contributed by atoms with E-state index < -0.39 is 5.97 Å². The summed E-state index contributed by atoms with van der Waals surface area (Å²) >= 11 is 5.81. The molecule has 1 unspecified atom stereocenters. The van der Waals surface area contributed by atoms with Crippen LogP contribution in [0.1, 0.15) is 46.3 Å². The van der Waals surface area contributed by atoms with E-state index in [-0.39, 0.29) is 30.0 Å². The van der Waals surface area contributed by atoms with Gasteiger partial charge in [0.2, 0.25) is 5.91 Å². The van der Waals surface area contributed by atoms with Crippen molar-refractivity contribution in [1.82, 2.24) is 14.9 Å². The number of nitrogens with one attached hydrogen (secondary N) is 1. The van der Waals surface area contributed by atoms with Crippen LogP contribution in [-0.2, 0) is 9.53 Å². The molecule has 1 aliphatic rings. The third-order valence-electron chi connectivity index (χ3n) is 4.86. The number of carbonyl (C=O) groups excluding carboxylic acids is 3. The first-order valence-corrected chi connectivity index (χ1v) is 10.1. The number of aryl methyl sites for hydroxylation is 1. The highest BCUT2D eigenvalue weighted by atomic mass is 35.5. The Labute approximate surface area is 179 Å². The van der Waals surface area contributed by atoms with Crippen molar-refractivity contribution in [3.63, 3.8) is 0 Å². The van der Waals surface area contributed by atoms with Crippen molar-refractivity contribution in [3.8, 4) is 0 Å². The number of piperidine rings is 1. The number of rotatable bonds is 5. The van der Waals surface area contributed by atoms with Gasteiger partial charge >= 0.3 is 5.97 Å². The van der Waals surface area contributed by atoms with Gasteiger partial charge in [0.25, 0.3) is 5.91 Å². The first kappa shape index (κ1) is 21.7. The molecule has 3 rings (SSSR count). The predicted molar refractivity (Wildman–Crippen MR) is 111 cm³/mol. The van der Waals surface area contributed by atoms with E-state index in [1.807, 2.05) is 0 Å². The molecule has 158 valence electrons. The molecular formula is C21H23ClN4O4. The Bertz CT molecular complexity index is 949. The molecule has 2 aromatic heterocycles. The number of hydrogen-bond donors (Lipinski definition) is 1. The number of hydrogen-bond acceptors (Lipinski definition) is 6. The molecule has 0 saturated carbocycles. The summed E-state index contributed by atoms with van der Waals surface area (Å²) < 4.78 is 4.99. The van der Waals surface area contributed by atoms with Crippen LogP contribution in [0.25, 0.3) is 0 Å². The zero-order chi connectivity index (χ0) is 21.7. The Balaban J connectivity index is 1.66. The second-order valence-corrected chi connectivity index (χ2v) is 7.43. The highest BCUT2D eigenvalue weighted by Gasteiger charge is 2.30. The summed E-state index contributed by atoms with van der Waals surface area (Å²) in [5.41, 5.74) is 1.00. The molecule has 0 spiro atoms. The predicted octanol–water partition coefficient (Wildman–Crippen LogP) is 3.11. The zero-order valence-electron chi connectivity index (χ0n) is 16.9. The lowest BCUT2D eigenvalue weighted by molar-refractivity contribution is -0.121. The van der Waals surface area contributed by atoms with Crippen LogP contribution >= 0.6 is 11.6 Å². The van der Waals surface area contributed by atoms with Crippen LogP contribution in [0.3, 0.4) is 0 Å². The molecule has 9 heteroatoms. The van der Waals surface area contributed by atoms with Crippen molar-refractivity contribution < 1.29 is 19.1 Å². The number of esters is 1. The van der Waals surface area contributed by atoms with E-state index in [2.05, 4.69) is 15.3 Å². The van der Waals surface area contributed by atoms with Gasteiger partial charge in [0.1, 0.15) is 11.5 Å². The highest BCUT2D eigenvalue weighted by Crippen LogP contribution is 2.21. The average Bonchev–Trinajstić information content (AvgIpc) is 2.75. The van der Waals surface area contributed by atoms with Crippen molar-refractivity contribution in [1.29, 1.82) is 0 Å². The molecule has 8 nitrogen and oxygen atoms in total. The number of ether oxygens (including phenoxy) is 1. The normalized spacial score (nSPS) is 16.1. The minimum Gasteiger partial charge on any atom is -0.462 e. The van der Waals surface area contributed by atoms with E-state index in [1.54, 1.807) is 36.9 Å². The van der Waals surface area contributed by atoms with Gasteiger partial charge in [-0.1, -0.05) is 11.6 Å². The average molecular weight is 431 g/mol. The molecule has 1 atom stereocenters. The van der Waals surface area contributed by atoms with Gasteiger partial charge in [-0.05, 0) is 51.0 Å². The lowest BCUT2D eigenvalue weighted by atomic mass is 9.96. The number of carbonyl (C=O) groups is 3. The molecule has 3 heterocycles. The van der Waals surface area contributed by atoms with Crippen LogP contribution < -0.4 is 5.32 Å². The summed E-state index contributed by atoms with van der Waals surface area (Å²) in [6.07, 6.45) is 2.84. The number of nitrogens with zero attached hydrogens (tertiary/aromatic N) is 3. The lowest BCUT2D eigenvalue weighted by Crippen LogP contribution is -2.44. The molecular weight excluding hydrogens is 408 g/mol. The molecule has 1 saturated heterocycles. The van der Waals surface area contributed by atoms with Gasteiger partial charge in [0.15, 0.2) is 0 Å². The van der Waals surface area contributed by atoms with Crippen LogP contribution in [0, 0.1) is 12.8 Å². The molecule has 1 N–H and O–H groups in total. The third-order valence-corrected chi connectivity index (χ3v) is 5.08. The summed E-state index contributed by atoms with van der Waals surface area (Å²) in [6.45, 7) is 4.49. The van der Waals surface area contributed by atoms with Crippen molar-refractivity contribution in [3.05, 3.63) is 52.4 Å². The van der Waals surface area contributed by atoms with Gasteiger partial charge in [-0.15, -0.1) is 0 Å². The van der Waals surface area contributed by atoms with E-state index in [0.717, 1.165) is 0 Å². The fraction of sp³-hybridized carbons (Fsp3) is 0.381. The van der Waals surface area contributed by atoms with E-state index in [1.165, 1.54) is 12.3 Å². The molecule has 2 aromatic rings. The highest BCUT2D eigenvalue weighted by molar-refractivity contribution is 6.30. The summed E-state index contributed by atoms with van der Waals surface area (Å²) in [7, 11) is 0. The van der Waals surface area contributed by atoms with Gasteiger partial charge in [-0.3, -0.25) is 9.59 Å². The van der Waals surface area contributed by atoms with Gasteiger partial charge in [-0.2, -0.15) is 0 Å². The molecule has 1 aliphatic heterocycles. The Morgan fingerprint density at radius 2 is 2.07 bits per heavy atom. The van der Waals surface area contributed by atoms with E-state index in [9.17, 15) is 14.4 Å². The first-order chi connectivity index (χ1) is 14.4. The topological polar surface area (TPSA) is 101 Å². The molecule has 0 aromatic carbocycles. The van der Waals surface area contributed by atoms with Crippen LogP contribution in [0.4, 0.5) is 5.82 Å². The quantitative estimate of drug-likeness (QED) is 0.731. The van der Waals surface area contributed by atoms with Crippen molar-refractivity contribution >= 4 is 35.2 Å². The second-order valence-electron chi connectivity index (χ2n) is 6.99. The zero-order valence-corrected chi connectivity index (χ0v) is 17.6. The van der Waals surface area contributed by atoms with Crippen molar-refractivity contribution in [2.45, 2.75) is 26.7 Å². The summed E-state index contributed by atoms with van der Waals surface area (Å²) in [6, 6.07) is 6.34. The van der Waals surface area contributed by atoms with Crippen molar-refractivity contribution in [2.75, 3.05) is 25.0 Å². The largest absolute Gasteiger partial charge is 0.462 e. The van der Waals surface area contributed by atoms with E-state index in [0.29, 0.717) is 48.0 Å². The number of anilines is 1. The van der Waals surface area contributed by atoms with E-state index >= 15 is 0 Å². The Hall–Kier alpha value is -3.00. The van der Waals surface area contributed by atoms with Gasteiger partial charge in [-0.25, -0.2) is 14.8 Å². The molecule has 0 aliphatic carbocycles. The maximum Gasteiger partial charge on any atom is 0.339 e. The molecule has 1 fully saturated rings. The summed E-state index contributed by atoms with van der Waals surface area (Å²) in [5.74, 6) is -0.855. The number of aromatic nitrogens is 2. The van der Waals surface area contributed by atoms with Gasteiger partial charge in [0.05, 0.1) is 28.8 Å². The first-order valence-electron chi connectivity index (χ1n) is 9.75. The molecule has 2 amide bonds. The standard InChI is InChI=1S/C21H23ClN4O4/c1-3-30-21(29)16-7-8-17(24-13(16)2)20(28)26-10-4-5-14(12-26)19(27)25-18-9-6-15(22)11-23-18/h6-9,11,14H,3-5,10,12H2,1-2H3,(H,23,25,27). The fourth-order valence-electron chi connectivity index (χ4n) is 3.32. The van der Waals surface area contributed by atoms with Gasteiger partial charge < -0.3 is 15.0 Å². The van der Waals surface area contributed by atoms with Crippen LogP contribution in [0.5, 0.6) is 0 Å². The second kappa shape index (κ2) is 9.67. The third kappa shape index (κ3) is 5.13. The lowest BCUT2D eigenvalue weighted by Gasteiger charge is -2.31. The summed E-state index contributed by atoms with van der Waals surface area (Å²) in [4.78, 5) is 47.4. The number of likely N-dealkylation sites (tertiary alicyclic amines) is 1. The van der Waals surface area contributed by atoms with Crippen LogP contribution in [0.15, 0.2) is 30.5 Å². The van der Waals surface area contributed by atoms with Crippen LogP contribution in [-0.4, -0.2) is 52.3 Å². The Kier molecular flexibility index (Phi) is 6.99. The van der Waals surface area contributed by atoms with Crippen LogP contribution in [0.2, 0.25) is 5.02 Å². The smallest absolute Gasteiger partial charge is 0.339 e. The fourth-order valence-corrected chi connectivity index (χ4v) is 3.43. The minimum absolute atomic E-state index is 0.191. The molecule has 0 bridgehead atoms. The monoisotopic (exact) mass is 430 g/mol. The number of pyridine rings is 2. The molecule has 0 radical (unpaired) electrons.